The number of benzene rings is 1. The van der Waals surface area contributed by atoms with E-state index in [1.54, 1.807) is 0 Å². The predicted octanol–water partition coefficient (Wildman–Crippen LogP) is 4.90. The van der Waals surface area contributed by atoms with E-state index in [1.165, 1.54) is 24.0 Å². The number of hydrogen-bond acceptors (Lipinski definition) is 1. The molecule has 0 bridgehead atoms. The van der Waals surface area contributed by atoms with Crippen LogP contribution in [0.25, 0.3) is 0 Å². The highest BCUT2D eigenvalue weighted by Crippen LogP contribution is 2.18. The van der Waals surface area contributed by atoms with E-state index in [2.05, 4.69) is 64.2 Å². The first kappa shape index (κ1) is 15.2. The molecule has 0 amide bonds. The molecule has 0 aromatic heterocycles. The molecule has 0 spiro atoms. The summed E-state index contributed by atoms with van der Waals surface area (Å²) in [6.07, 6.45) is 2.59. The van der Waals surface area contributed by atoms with Crippen LogP contribution in [0, 0.1) is 5.92 Å². The summed E-state index contributed by atoms with van der Waals surface area (Å²) in [4.78, 5) is 0. The van der Waals surface area contributed by atoms with E-state index in [-0.39, 0.29) is 0 Å². The van der Waals surface area contributed by atoms with Gasteiger partial charge in [0.05, 0.1) is 0 Å². The third-order valence-corrected chi connectivity index (χ3v) is 3.66. The van der Waals surface area contributed by atoms with E-state index in [0.29, 0.717) is 12.0 Å². The van der Waals surface area contributed by atoms with Gasteiger partial charge in [-0.1, -0.05) is 58.4 Å². The Hall–Kier alpha value is -0.820. The SMILES string of the molecule is CCCC(C)CNC(C)c1ccc(C(C)C)cc1. The number of hydrogen-bond donors (Lipinski definition) is 1. The minimum Gasteiger partial charge on any atom is -0.310 e. The molecule has 2 atom stereocenters. The topological polar surface area (TPSA) is 12.0 Å². The second-order valence-corrected chi connectivity index (χ2v) is 5.85. The highest BCUT2D eigenvalue weighted by Gasteiger charge is 2.07. The average Bonchev–Trinajstić information content (AvgIpc) is 2.36. The summed E-state index contributed by atoms with van der Waals surface area (Å²) in [5, 5.41) is 3.63. The Morgan fingerprint density at radius 2 is 1.50 bits per heavy atom. The van der Waals surface area contributed by atoms with Gasteiger partial charge in [0, 0.05) is 6.04 Å². The Balaban J connectivity index is 2.48. The second-order valence-electron chi connectivity index (χ2n) is 5.85. The molecule has 0 radical (unpaired) electrons. The van der Waals surface area contributed by atoms with Crippen molar-refractivity contribution >= 4 is 0 Å². The van der Waals surface area contributed by atoms with Gasteiger partial charge in [0.1, 0.15) is 0 Å². The zero-order valence-electron chi connectivity index (χ0n) is 12.7. The van der Waals surface area contributed by atoms with Gasteiger partial charge < -0.3 is 5.32 Å². The molecule has 18 heavy (non-hydrogen) atoms. The fourth-order valence-corrected chi connectivity index (χ4v) is 2.26. The number of nitrogens with one attached hydrogen (secondary N) is 1. The Morgan fingerprint density at radius 1 is 0.944 bits per heavy atom. The van der Waals surface area contributed by atoms with Gasteiger partial charge >= 0.3 is 0 Å². The van der Waals surface area contributed by atoms with Crippen LogP contribution in [-0.4, -0.2) is 6.54 Å². The second kappa shape index (κ2) is 7.58. The highest BCUT2D eigenvalue weighted by atomic mass is 14.9. The zero-order chi connectivity index (χ0) is 13.5. The molecule has 1 aromatic rings. The summed E-state index contributed by atoms with van der Waals surface area (Å²) in [6.45, 7) is 12.4. The third-order valence-electron chi connectivity index (χ3n) is 3.66. The fourth-order valence-electron chi connectivity index (χ4n) is 2.26. The first-order chi connectivity index (χ1) is 8.54. The maximum Gasteiger partial charge on any atom is 0.0291 e. The van der Waals surface area contributed by atoms with Crippen LogP contribution in [0.3, 0.4) is 0 Å². The van der Waals surface area contributed by atoms with Crippen LogP contribution in [0.4, 0.5) is 0 Å². The van der Waals surface area contributed by atoms with Crippen LogP contribution in [-0.2, 0) is 0 Å². The molecule has 1 nitrogen and oxygen atoms in total. The molecular weight excluding hydrogens is 218 g/mol. The van der Waals surface area contributed by atoms with Crippen molar-refractivity contribution in [2.45, 2.75) is 59.4 Å². The highest BCUT2D eigenvalue weighted by molar-refractivity contribution is 5.26. The van der Waals surface area contributed by atoms with Crippen molar-refractivity contribution < 1.29 is 0 Å². The normalized spacial score (nSPS) is 14.8. The molecule has 1 N–H and O–H groups in total. The van der Waals surface area contributed by atoms with Crippen molar-refractivity contribution in [1.82, 2.24) is 5.32 Å². The minimum absolute atomic E-state index is 0.450. The van der Waals surface area contributed by atoms with Crippen molar-refractivity contribution in [3.63, 3.8) is 0 Å². The van der Waals surface area contributed by atoms with Crippen molar-refractivity contribution in [1.29, 1.82) is 0 Å². The number of rotatable bonds is 7. The molecule has 1 aromatic carbocycles. The van der Waals surface area contributed by atoms with Crippen LogP contribution in [0.1, 0.15) is 70.5 Å². The summed E-state index contributed by atoms with van der Waals surface area (Å²) in [5.41, 5.74) is 2.81. The van der Waals surface area contributed by atoms with E-state index >= 15 is 0 Å². The van der Waals surface area contributed by atoms with Gasteiger partial charge in [0.15, 0.2) is 0 Å². The van der Waals surface area contributed by atoms with Crippen molar-refractivity contribution in [2.75, 3.05) is 6.54 Å². The lowest BCUT2D eigenvalue weighted by atomic mass is 9.99. The largest absolute Gasteiger partial charge is 0.310 e. The standard InChI is InChI=1S/C17H29N/c1-6-7-14(4)12-18-15(5)17-10-8-16(9-11-17)13(2)3/h8-11,13-15,18H,6-7,12H2,1-5H3. The van der Waals surface area contributed by atoms with Crippen LogP contribution in [0.15, 0.2) is 24.3 Å². The molecular formula is C17H29N. The van der Waals surface area contributed by atoms with Crippen molar-refractivity contribution in [3.05, 3.63) is 35.4 Å². The molecule has 102 valence electrons. The maximum absolute atomic E-state index is 3.63. The Morgan fingerprint density at radius 3 is 2.00 bits per heavy atom. The lowest BCUT2D eigenvalue weighted by molar-refractivity contribution is 0.444. The summed E-state index contributed by atoms with van der Waals surface area (Å²) >= 11 is 0. The van der Waals surface area contributed by atoms with Gasteiger partial charge in [-0.05, 0) is 42.9 Å². The minimum atomic E-state index is 0.450. The van der Waals surface area contributed by atoms with E-state index in [9.17, 15) is 0 Å². The van der Waals surface area contributed by atoms with E-state index in [0.717, 1.165) is 12.5 Å². The molecule has 1 heteroatoms. The molecule has 2 unspecified atom stereocenters. The fraction of sp³-hybridized carbons (Fsp3) is 0.647. The molecule has 0 saturated heterocycles. The average molecular weight is 247 g/mol. The summed E-state index contributed by atoms with van der Waals surface area (Å²) in [6, 6.07) is 9.49. The van der Waals surface area contributed by atoms with Gasteiger partial charge in [-0.3, -0.25) is 0 Å². The van der Waals surface area contributed by atoms with E-state index in [1.807, 2.05) is 0 Å². The molecule has 0 aliphatic heterocycles. The smallest absolute Gasteiger partial charge is 0.0291 e. The summed E-state index contributed by atoms with van der Waals surface area (Å²) < 4.78 is 0. The lowest BCUT2D eigenvalue weighted by Gasteiger charge is -2.18. The molecule has 0 saturated carbocycles. The first-order valence-electron chi connectivity index (χ1n) is 7.37. The van der Waals surface area contributed by atoms with Gasteiger partial charge in [0.25, 0.3) is 0 Å². The van der Waals surface area contributed by atoms with Crippen molar-refractivity contribution in [2.24, 2.45) is 5.92 Å². The van der Waals surface area contributed by atoms with Gasteiger partial charge in [-0.2, -0.15) is 0 Å². The molecule has 0 aliphatic rings. The van der Waals surface area contributed by atoms with Gasteiger partial charge in [-0.15, -0.1) is 0 Å². The van der Waals surface area contributed by atoms with Gasteiger partial charge in [-0.25, -0.2) is 0 Å². The van der Waals surface area contributed by atoms with Crippen LogP contribution in [0.2, 0.25) is 0 Å². The molecule has 1 rings (SSSR count). The lowest BCUT2D eigenvalue weighted by Crippen LogP contribution is -2.24. The molecule has 0 heterocycles. The predicted molar refractivity (Wildman–Crippen MR) is 81.0 cm³/mol. The summed E-state index contributed by atoms with van der Waals surface area (Å²) in [5.74, 6) is 1.39. The van der Waals surface area contributed by atoms with Crippen LogP contribution >= 0.6 is 0 Å². The van der Waals surface area contributed by atoms with Crippen LogP contribution in [0.5, 0.6) is 0 Å². The zero-order valence-corrected chi connectivity index (χ0v) is 12.7. The Bertz CT molecular complexity index is 326. The Labute approximate surface area is 113 Å². The van der Waals surface area contributed by atoms with Gasteiger partial charge in [0.2, 0.25) is 0 Å². The van der Waals surface area contributed by atoms with E-state index < -0.39 is 0 Å². The van der Waals surface area contributed by atoms with E-state index in [4.69, 9.17) is 0 Å². The third kappa shape index (κ3) is 4.81. The molecule has 0 aliphatic carbocycles. The van der Waals surface area contributed by atoms with Crippen LogP contribution < -0.4 is 5.32 Å². The molecule has 0 fully saturated rings. The summed E-state index contributed by atoms with van der Waals surface area (Å²) in [7, 11) is 0. The maximum atomic E-state index is 3.63. The first-order valence-corrected chi connectivity index (χ1v) is 7.37. The Kier molecular flexibility index (Phi) is 6.42. The van der Waals surface area contributed by atoms with Crippen molar-refractivity contribution in [3.8, 4) is 0 Å². The monoisotopic (exact) mass is 247 g/mol. The quantitative estimate of drug-likeness (QED) is 0.723.